The van der Waals surface area contributed by atoms with Crippen LogP contribution in [-0.2, 0) is 17.8 Å². The highest BCUT2D eigenvalue weighted by Crippen LogP contribution is 2.11. The first-order chi connectivity index (χ1) is 13.5. The Morgan fingerprint density at radius 2 is 1.50 bits per heavy atom. The van der Waals surface area contributed by atoms with Crippen molar-refractivity contribution in [2.75, 3.05) is 25.0 Å². The number of carbonyl (C=O) groups excluding carboxylic acids is 2. The second-order valence-electron chi connectivity index (χ2n) is 6.38. The Hall–Kier alpha value is -2.86. The van der Waals surface area contributed by atoms with Crippen molar-refractivity contribution in [1.82, 2.24) is 10.2 Å². The highest BCUT2D eigenvalue weighted by atomic mass is 16.5. The van der Waals surface area contributed by atoms with Crippen LogP contribution in [0, 0.1) is 0 Å². The van der Waals surface area contributed by atoms with E-state index in [2.05, 4.69) is 41.5 Å². The Bertz CT molecular complexity index is 754. The quantitative estimate of drug-likeness (QED) is 0.686. The van der Waals surface area contributed by atoms with Crippen LogP contribution in [0.15, 0.2) is 48.5 Å². The Labute approximate surface area is 166 Å². The summed E-state index contributed by atoms with van der Waals surface area (Å²) in [6.07, 6.45) is -0.510. The molecule has 0 radical (unpaired) electrons. The summed E-state index contributed by atoms with van der Waals surface area (Å²) in [4.78, 5) is 26.1. The maximum atomic E-state index is 12.3. The zero-order valence-electron chi connectivity index (χ0n) is 16.8. The highest BCUT2D eigenvalue weighted by molar-refractivity contribution is 5.95. The number of rotatable bonds is 9. The average Bonchev–Trinajstić information content (AvgIpc) is 2.71. The first kappa shape index (κ1) is 21.4. The summed E-state index contributed by atoms with van der Waals surface area (Å²) in [7, 11) is 0. The van der Waals surface area contributed by atoms with E-state index in [1.54, 1.807) is 31.2 Å². The molecule has 0 unspecified atom stereocenters. The largest absolute Gasteiger partial charge is 0.450 e. The number of hydrogen-bond acceptors (Lipinski definition) is 4. The summed E-state index contributed by atoms with van der Waals surface area (Å²) in [6, 6.07) is 15.0. The molecule has 0 aliphatic carbocycles. The number of amides is 2. The van der Waals surface area contributed by atoms with Crippen molar-refractivity contribution in [2.45, 2.75) is 33.9 Å². The number of anilines is 1. The molecular weight excluding hydrogens is 354 g/mol. The molecule has 150 valence electrons. The van der Waals surface area contributed by atoms with Gasteiger partial charge in [-0.2, -0.15) is 0 Å². The first-order valence-electron chi connectivity index (χ1n) is 9.67. The van der Waals surface area contributed by atoms with Crippen LogP contribution in [0.25, 0.3) is 0 Å². The Balaban J connectivity index is 1.85. The van der Waals surface area contributed by atoms with E-state index in [1.807, 2.05) is 12.1 Å². The lowest BCUT2D eigenvalue weighted by Crippen LogP contribution is -2.23. The number of hydrogen-bond donors (Lipinski definition) is 2. The van der Waals surface area contributed by atoms with Gasteiger partial charge in [0.2, 0.25) is 0 Å². The van der Waals surface area contributed by atoms with Gasteiger partial charge >= 0.3 is 6.09 Å². The lowest BCUT2D eigenvalue weighted by molar-refractivity contribution is 0.0951. The molecule has 2 aromatic carbocycles. The molecule has 0 heterocycles. The van der Waals surface area contributed by atoms with Crippen molar-refractivity contribution in [2.24, 2.45) is 0 Å². The molecule has 0 fully saturated rings. The smallest absolute Gasteiger partial charge is 0.411 e. The number of ether oxygens (including phenoxy) is 1. The monoisotopic (exact) mass is 383 g/mol. The van der Waals surface area contributed by atoms with Crippen LogP contribution in [0.4, 0.5) is 10.5 Å². The molecule has 2 N–H and O–H groups in total. The van der Waals surface area contributed by atoms with Gasteiger partial charge < -0.3 is 10.1 Å². The van der Waals surface area contributed by atoms with Crippen LogP contribution in [0.2, 0.25) is 0 Å². The Morgan fingerprint density at radius 3 is 2.07 bits per heavy atom. The van der Waals surface area contributed by atoms with Crippen molar-refractivity contribution < 1.29 is 14.3 Å². The summed E-state index contributed by atoms with van der Waals surface area (Å²) >= 11 is 0. The summed E-state index contributed by atoms with van der Waals surface area (Å²) in [6.45, 7) is 9.83. The van der Waals surface area contributed by atoms with Gasteiger partial charge in [-0.3, -0.25) is 15.0 Å². The highest BCUT2D eigenvalue weighted by Gasteiger charge is 2.07. The molecule has 2 rings (SSSR count). The fourth-order valence-corrected chi connectivity index (χ4v) is 2.74. The van der Waals surface area contributed by atoms with Gasteiger partial charge in [-0.15, -0.1) is 0 Å². The molecule has 0 aliphatic heterocycles. The zero-order valence-corrected chi connectivity index (χ0v) is 16.8. The van der Waals surface area contributed by atoms with Gasteiger partial charge in [0.1, 0.15) is 0 Å². The second-order valence-corrected chi connectivity index (χ2v) is 6.38. The lowest BCUT2D eigenvalue weighted by atomic mass is 10.1. The third-order valence-electron chi connectivity index (χ3n) is 4.45. The molecule has 6 nitrogen and oxygen atoms in total. The third-order valence-corrected chi connectivity index (χ3v) is 4.45. The normalized spacial score (nSPS) is 10.6. The molecule has 0 spiro atoms. The van der Waals surface area contributed by atoms with Gasteiger partial charge in [0.15, 0.2) is 0 Å². The molecule has 0 bridgehead atoms. The molecule has 2 aromatic rings. The SMILES string of the molecule is CCOC(=O)Nc1ccc(C(=O)NCc2ccc(CN(CC)CC)cc2)cc1. The molecule has 0 aliphatic rings. The van der Waals surface area contributed by atoms with Crippen molar-refractivity contribution in [1.29, 1.82) is 0 Å². The van der Waals surface area contributed by atoms with Crippen LogP contribution in [-0.4, -0.2) is 36.6 Å². The number of nitrogens with one attached hydrogen (secondary N) is 2. The van der Waals surface area contributed by atoms with Crippen LogP contribution in [0.3, 0.4) is 0 Å². The maximum absolute atomic E-state index is 12.3. The zero-order chi connectivity index (χ0) is 20.4. The molecule has 2 amide bonds. The average molecular weight is 383 g/mol. The van der Waals surface area contributed by atoms with Gasteiger partial charge in [-0.05, 0) is 55.4 Å². The third kappa shape index (κ3) is 6.70. The van der Waals surface area contributed by atoms with E-state index in [-0.39, 0.29) is 5.91 Å². The summed E-state index contributed by atoms with van der Waals surface area (Å²) in [5.74, 6) is -0.157. The van der Waals surface area contributed by atoms with Crippen LogP contribution >= 0.6 is 0 Å². The number of nitrogens with zero attached hydrogens (tertiary/aromatic N) is 1. The van der Waals surface area contributed by atoms with Crippen molar-refractivity contribution in [3.8, 4) is 0 Å². The predicted molar refractivity (Wildman–Crippen MR) is 111 cm³/mol. The minimum Gasteiger partial charge on any atom is -0.450 e. The Kier molecular flexibility index (Phi) is 8.49. The maximum Gasteiger partial charge on any atom is 0.411 e. The lowest BCUT2D eigenvalue weighted by Gasteiger charge is -2.18. The first-order valence-corrected chi connectivity index (χ1v) is 9.67. The minimum absolute atomic E-state index is 0.157. The van der Waals surface area contributed by atoms with Crippen molar-refractivity contribution in [3.05, 3.63) is 65.2 Å². The van der Waals surface area contributed by atoms with Gasteiger partial charge in [0.25, 0.3) is 5.91 Å². The number of benzene rings is 2. The summed E-state index contributed by atoms with van der Waals surface area (Å²) < 4.78 is 4.82. The van der Waals surface area contributed by atoms with Crippen LogP contribution < -0.4 is 10.6 Å². The van der Waals surface area contributed by atoms with E-state index in [0.29, 0.717) is 24.4 Å². The molecular formula is C22H29N3O3. The van der Waals surface area contributed by atoms with E-state index in [0.717, 1.165) is 25.2 Å². The molecule has 28 heavy (non-hydrogen) atoms. The van der Waals surface area contributed by atoms with E-state index in [4.69, 9.17) is 4.74 Å². The van der Waals surface area contributed by atoms with Gasteiger partial charge in [0, 0.05) is 24.3 Å². The topological polar surface area (TPSA) is 70.7 Å². The van der Waals surface area contributed by atoms with Crippen LogP contribution in [0.1, 0.15) is 42.3 Å². The van der Waals surface area contributed by atoms with E-state index < -0.39 is 6.09 Å². The van der Waals surface area contributed by atoms with Gasteiger partial charge in [-0.1, -0.05) is 38.1 Å². The van der Waals surface area contributed by atoms with Crippen LogP contribution in [0.5, 0.6) is 0 Å². The van der Waals surface area contributed by atoms with E-state index >= 15 is 0 Å². The van der Waals surface area contributed by atoms with Gasteiger partial charge in [-0.25, -0.2) is 4.79 Å². The van der Waals surface area contributed by atoms with E-state index in [1.165, 1.54) is 5.56 Å². The Morgan fingerprint density at radius 1 is 0.893 bits per heavy atom. The minimum atomic E-state index is -0.510. The fourth-order valence-electron chi connectivity index (χ4n) is 2.74. The summed E-state index contributed by atoms with van der Waals surface area (Å²) in [5.41, 5.74) is 3.44. The summed E-state index contributed by atoms with van der Waals surface area (Å²) in [5, 5.41) is 5.51. The van der Waals surface area contributed by atoms with Gasteiger partial charge in [0.05, 0.1) is 6.61 Å². The molecule has 0 aromatic heterocycles. The molecule has 0 saturated heterocycles. The number of carbonyl (C=O) groups is 2. The second kappa shape index (κ2) is 11.1. The van der Waals surface area contributed by atoms with Crippen molar-refractivity contribution in [3.63, 3.8) is 0 Å². The molecule has 0 atom stereocenters. The predicted octanol–water partition coefficient (Wildman–Crippen LogP) is 4.03. The van der Waals surface area contributed by atoms with Crippen molar-refractivity contribution >= 4 is 17.7 Å². The van der Waals surface area contributed by atoms with E-state index in [9.17, 15) is 9.59 Å². The molecule has 6 heteroatoms. The fraction of sp³-hybridized carbons (Fsp3) is 0.364. The standard InChI is InChI=1S/C22H29N3O3/c1-4-25(5-2)16-18-9-7-17(8-10-18)15-23-21(26)19-11-13-20(14-12-19)24-22(27)28-6-3/h7-14H,4-6,15-16H2,1-3H3,(H,23,26)(H,24,27). The molecule has 0 saturated carbocycles.